The zero-order valence-electron chi connectivity index (χ0n) is 9.85. The minimum absolute atomic E-state index is 0.338. The quantitative estimate of drug-likeness (QED) is 0.634. The molecule has 1 aromatic rings. The van der Waals surface area contributed by atoms with Crippen molar-refractivity contribution in [2.45, 2.75) is 12.5 Å². The van der Waals surface area contributed by atoms with Gasteiger partial charge in [-0.05, 0) is 24.1 Å². The molecule has 5 nitrogen and oxygen atoms in total. The van der Waals surface area contributed by atoms with E-state index in [1.807, 2.05) is 24.3 Å². The minimum Gasteiger partial charge on any atom is -0.497 e. The number of aliphatic hydroxyl groups is 1. The van der Waals surface area contributed by atoms with Crippen molar-refractivity contribution in [3.05, 3.63) is 29.8 Å². The number of carbonyl (C=O) groups is 1. The van der Waals surface area contributed by atoms with Crippen molar-refractivity contribution in [1.82, 2.24) is 5.32 Å². The molecule has 0 saturated carbocycles. The van der Waals surface area contributed by atoms with Crippen LogP contribution in [0.25, 0.3) is 0 Å². The van der Waals surface area contributed by atoms with Gasteiger partial charge >= 0.3 is 0 Å². The van der Waals surface area contributed by atoms with Gasteiger partial charge in [0.25, 0.3) is 0 Å². The lowest BCUT2D eigenvalue weighted by Crippen LogP contribution is -2.43. The Bertz CT molecular complexity index is 369. The lowest BCUT2D eigenvalue weighted by molar-refractivity contribution is -0.123. The zero-order valence-corrected chi connectivity index (χ0v) is 9.85. The fourth-order valence-corrected chi connectivity index (χ4v) is 1.37. The van der Waals surface area contributed by atoms with Gasteiger partial charge in [0.2, 0.25) is 5.91 Å². The van der Waals surface area contributed by atoms with Gasteiger partial charge in [-0.25, -0.2) is 0 Å². The van der Waals surface area contributed by atoms with Crippen LogP contribution in [0.1, 0.15) is 5.56 Å². The summed E-state index contributed by atoms with van der Waals surface area (Å²) in [5, 5.41) is 11.3. The van der Waals surface area contributed by atoms with Gasteiger partial charge in [-0.15, -0.1) is 0 Å². The van der Waals surface area contributed by atoms with Gasteiger partial charge in [-0.1, -0.05) is 12.1 Å². The van der Waals surface area contributed by atoms with Crippen molar-refractivity contribution < 1.29 is 14.6 Å². The summed E-state index contributed by atoms with van der Waals surface area (Å²) in [6.45, 7) is 0.144. The Morgan fingerprint density at radius 3 is 3.00 bits per heavy atom. The average Bonchev–Trinajstić information content (AvgIpc) is 2.37. The normalized spacial score (nSPS) is 11.9. The van der Waals surface area contributed by atoms with Gasteiger partial charge in [0, 0.05) is 6.54 Å². The first-order valence-corrected chi connectivity index (χ1v) is 5.44. The monoisotopic (exact) mass is 238 g/mol. The molecule has 0 aliphatic heterocycles. The number of hydrogen-bond acceptors (Lipinski definition) is 4. The summed E-state index contributed by atoms with van der Waals surface area (Å²) in [7, 11) is 1.61. The molecule has 1 rings (SSSR count). The van der Waals surface area contributed by atoms with Crippen molar-refractivity contribution >= 4 is 5.91 Å². The highest BCUT2D eigenvalue weighted by Crippen LogP contribution is 2.12. The van der Waals surface area contributed by atoms with Crippen LogP contribution in [0.15, 0.2) is 24.3 Å². The molecule has 0 aliphatic rings. The Hall–Kier alpha value is -1.59. The molecule has 5 heteroatoms. The average molecular weight is 238 g/mol. The maximum Gasteiger partial charge on any atom is 0.239 e. The zero-order chi connectivity index (χ0) is 12.7. The first kappa shape index (κ1) is 13.5. The summed E-state index contributed by atoms with van der Waals surface area (Å²) < 4.78 is 5.10. The van der Waals surface area contributed by atoms with Crippen LogP contribution in [-0.2, 0) is 11.2 Å². The number of hydrogen-bond donors (Lipinski definition) is 3. The van der Waals surface area contributed by atoms with Gasteiger partial charge in [-0.2, -0.15) is 0 Å². The molecular weight excluding hydrogens is 220 g/mol. The van der Waals surface area contributed by atoms with E-state index in [4.69, 9.17) is 15.6 Å². The Morgan fingerprint density at radius 1 is 1.59 bits per heavy atom. The molecule has 0 bridgehead atoms. The van der Waals surface area contributed by atoms with E-state index in [2.05, 4.69) is 5.32 Å². The number of ether oxygens (including phenoxy) is 1. The van der Waals surface area contributed by atoms with Crippen LogP contribution in [0.2, 0.25) is 0 Å². The van der Waals surface area contributed by atoms with E-state index < -0.39 is 6.04 Å². The van der Waals surface area contributed by atoms with Gasteiger partial charge < -0.3 is 20.9 Å². The standard InChI is InChI=1S/C12H18N2O3/c1-17-10-4-2-3-9(7-10)5-6-14-12(16)11(13)8-15/h2-4,7,11,15H,5-6,8,13H2,1H3,(H,14,16). The van der Waals surface area contributed by atoms with Crippen molar-refractivity contribution in [3.63, 3.8) is 0 Å². The largest absolute Gasteiger partial charge is 0.497 e. The van der Waals surface area contributed by atoms with Gasteiger partial charge in [-0.3, -0.25) is 4.79 Å². The minimum atomic E-state index is -0.847. The maximum absolute atomic E-state index is 11.3. The lowest BCUT2D eigenvalue weighted by atomic mass is 10.1. The van der Waals surface area contributed by atoms with Crippen LogP contribution in [0.5, 0.6) is 5.75 Å². The van der Waals surface area contributed by atoms with E-state index in [1.165, 1.54) is 0 Å². The van der Waals surface area contributed by atoms with Gasteiger partial charge in [0.05, 0.1) is 13.7 Å². The van der Waals surface area contributed by atoms with Gasteiger partial charge in [0.1, 0.15) is 11.8 Å². The number of methoxy groups -OCH3 is 1. The second-order valence-electron chi connectivity index (χ2n) is 3.68. The molecule has 0 fully saturated rings. The van der Waals surface area contributed by atoms with E-state index in [0.29, 0.717) is 13.0 Å². The Kier molecular flexibility index (Phi) is 5.45. The predicted octanol–water partition coefficient (Wildman–Crippen LogP) is -0.326. The highest BCUT2D eigenvalue weighted by atomic mass is 16.5. The van der Waals surface area contributed by atoms with Crippen molar-refractivity contribution in [3.8, 4) is 5.75 Å². The van der Waals surface area contributed by atoms with E-state index in [9.17, 15) is 4.79 Å². The molecule has 0 radical (unpaired) electrons. The van der Waals surface area contributed by atoms with Crippen LogP contribution in [0.4, 0.5) is 0 Å². The fourth-order valence-electron chi connectivity index (χ4n) is 1.37. The summed E-state index contributed by atoms with van der Waals surface area (Å²) >= 11 is 0. The smallest absolute Gasteiger partial charge is 0.239 e. The lowest BCUT2D eigenvalue weighted by Gasteiger charge is -2.09. The first-order chi connectivity index (χ1) is 8.17. The number of carbonyl (C=O) groups excluding carboxylic acids is 1. The molecule has 0 aromatic heterocycles. The fraction of sp³-hybridized carbons (Fsp3) is 0.417. The van der Waals surface area contributed by atoms with Gasteiger partial charge in [0.15, 0.2) is 0 Å². The molecule has 0 heterocycles. The number of amides is 1. The molecule has 94 valence electrons. The summed E-state index contributed by atoms with van der Waals surface area (Å²) in [4.78, 5) is 11.3. The summed E-state index contributed by atoms with van der Waals surface area (Å²) in [5.41, 5.74) is 6.43. The van der Waals surface area contributed by atoms with Crippen molar-refractivity contribution in [2.75, 3.05) is 20.3 Å². The van der Waals surface area contributed by atoms with E-state index in [0.717, 1.165) is 11.3 Å². The first-order valence-electron chi connectivity index (χ1n) is 5.44. The molecule has 0 aliphatic carbocycles. The highest BCUT2D eigenvalue weighted by Gasteiger charge is 2.10. The molecule has 17 heavy (non-hydrogen) atoms. The Morgan fingerprint density at radius 2 is 2.35 bits per heavy atom. The third kappa shape index (κ3) is 4.42. The van der Waals surface area contributed by atoms with E-state index in [-0.39, 0.29) is 12.5 Å². The van der Waals surface area contributed by atoms with Crippen LogP contribution >= 0.6 is 0 Å². The number of nitrogens with two attached hydrogens (primary N) is 1. The molecular formula is C12H18N2O3. The number of nitrogens with one attached hydrogen (secondary N) is 1. The van der Waals surface area contributed by atoms with E-state index in [1.54, 1.807) is 7.11 Å². The molecule has 1 amide bonds. The van der Waals surface area contributed by atoms with Crippen LogP contribution < -0.4 is 15.8 Å². The molecule has 1 unspecified atom stereocenters. The number of benzene rings is 1. The SMILES string of the molecule is COc1cccc(CCNC(=O)C(N)CO)c1. The third-order valence-corrected chi connectivity index (χ3v) is 2.38. The Labute approximate surface area is 101 Å². The highest BCUT2D eigenvalue weighted by molar-refractivity contribution is 5.81. The topological polar surface area (TPSA) is 84.6 Å². The van der Waals surface area contributed by atoms with Crippen LogP contribution in [-0.4, -0.2) is 37.3 Å². The third-order valence-electron chi connectivity index (χ3n) is 2.38. The summed E-state index contributed by atoms with van der Waals surface area (Å²) in [5.74, 6) is 0.455. The van der Waals surface area contributed by atoms with E-state index >= 15 is 0 Å². The summed E-state index contributed by atoms with van der Waals surface area (Å²) in [6.07, 6.45) is 0.696. The van der Waals surface area contributed by atoms with Crippen molar-refractivity contribution in [1.29, 1.82) is 0 Å². The molecule has 0 spiro atoms. The van der Waals surface area contributed by atoms with Crippen molar-refractivity contribution in [2.24, 2.45) is 5.73 Å². The maximum atomic E-state index is 11.3. The van der Waals surface area contributed by atoms with Crippen LogP contribution in [0, 0.1) is 0 Å². The number of aliphatic hydroxyl groups excluding tert-OH is 1. The van der Waals surface area contributed by atoms with Crippen LogP contribution in [0.3, 0.4) is 0 Å². The Balaban J connectivity index is 2.37. The second-order valence-corrected chi connectivity index (χ2v) is 3.68. The number of rotatable bonds is 6. The second kappa shape index (κ2) is 6.88. The molecule has 4 N–H and O–H groups in total. The molecule has 1 atom stereocenters. The predicted molar refractivity (Wildman–Crippen MR) is 64.8 cm³/mol. The summed E-state index contributed by atoms with van der Waals surface area (Å²) in [6, 6.07) is 6.79. The molecule has 1 aromatic carbocycles. The molecule has 0 saturated heterocycles.